The van der Waals surface area contributed by atoms with Gasteiger partial charge in [0.15, 0.2) is 11.6 Å². The van der Waals surface area contributed by atoms with E-state index in [0.717, 1.165) is 6.54 Å². The monoisotopic (exact) mass is 278 g/mol. The first-order chi connectivity index (χ1) is 9.65. The maximum absolute atomic E-state index is 10.8. The lowest BCUT2D eigenvalue weighted by molar-refractivity contribution is -0.385. The molecule has 8 heteroatoms. The van der Waals surface area contributed by atoms with Gasteiger partial charge in [-0.05, 0) is 12.6 Å². The van der Waals surface area contributed by atoms with Gasteiger partial charge >= 0.3 is 5.69 Å². The van der Waals surface area contributed by atoms with Gasteiger partial charge in [-0.15, -0.1) is 0 Å². The molecule has 106 valence electrons. The highest BCUT2D eigenvalue weighted by Crippen LogP contribution is 2.31. The van der Waals surface area contributed by atoms with Gasteiger partial charge in [0.05, 0.1) is 18.6 Å². The van der Waals surface area contributed by atoms with Crippen LogP contribution in [0.2, 0.25) is 0 Å². The number of aromatic nitrogens is 2. The van der Waals surface area contributed by atoms with Crippen molar-refractivity contribution in [1.29, 1.82) is 0 Å². The number of nitro groups is 1. The minimum Gasteiger partial charge on any atom is -0.490 e. The maximum atomic E-state index is 10.8. The van der Waals surface area contributed by atoms with Crippen molar-refractivity contribution in [2.75, 3.05) is 13.7 Å². The Morgan fingerprint density at radius 3 is 2.95 bits per heavy atom. The number of nitro benzene ring substituents is 1. The third-order valence-electron chi connectivity index (χ3n) is 2.62. The molecule has 0 saturated carbocycles. The predicted molar refractivity (Wildman–Crippen MR) is 70.3 cm³/mol. The SMILES string of the molecule is CCNCc1noc(-c2ccc([N+](=O)[O-])c(OC)c2)n1. The van der Waals surface area contributed by atoms with Crippen molar-refractivity contribution < 1.29 is 14.2 Å². The van der Waals surface area contributed by atoms with E-state index in [0.29, 0.717) is 23.8 Å². The first kappa shape index (κ1) is 13.9. The first-order valence-corrected chi connectivity index (χ1v) is 6.01. The highest BCUT2D eigenvalue weighted by atomic mass is 16.6. The molecule has 1 N–H and O–H groups in total. The van der Waals surface area contributed by atoms with E-state index < -0.39 is 4.92 Å². The number of hydrogen-bond acceptors (Lipinski definition) is 7. The molecule has 20 heavy (non-hydrogen) atoms. The topological polar surface area (TPSA) is 103 Å². The van der Waals surface area contributed by atoms with Crippen molar-refractivity contribution >= 4 is 5.69 Å². The highest BCUT2D eigenvalue weighted by molar-refractivity contribution is 5.61. The van der Waals surface area contributed by atoms with Gasteiger partial charge in [0.2, 0.25) is 0 Å². The summed E-state index contributed by atoms with van der Waals surface area (Å²) < 4.78 is 10.1. The summed E-state index contributed by atoms with van der Waals surface area (Å²) in [5.74, 6) is 0.976. The van der Waals surface area contributed by atoms with E-state index in [1.807, 2.05) is 6.92 Å². The van der Waals surface area contributed by atoms with Crippen LogP contribution in [0.3, 0.4) is 0 Å². The lowest BCUT2D eigenvalue weighted by Crippen LogP contribution is -2.12. The van der Waals surface area contributed by atoms with Crippen LogP contribution in [-0.2, 0) is 6.54 Å². The molecule has 0 spiro atoms. The Hall–Kier alpha value is -2.48. The molecule has 1 aromatic heterocycles. The van der Waals surface area contributed by atoms with Crippen molar-refractivity contribution in [1.82, 2.24) is 15.5 Å². The minimum atomic E-state index is -0.507. The molecule has 0 radical (unpaired) electrons. The van der Waals surface area contributed by atoms with Crippen molar-refractivity contribution in [3.05, 3.63) is 34.1 Å². The number of ether oxygens (including phenoxy) is 1. The third kappa shape index (κ3) is 2.91. The summed E-state index contributed by atoms with van der Waals surface area (Å²) >= 11 is 0. The van der Waals surface area contributed by atoms with Gasteiger partial charge in [-0.2, -0.15) is 4.98 Å². The summed E-state index contributed by atoms with van der Waals surface area (Å²) in [4.78, 5) is 14.5. The summed E-state index contributed by atoms with van der Waals surface area (Å²) in [7, 11) is 1.37. The number of hydrogen-bond donors (Lipinski definition) is 1. The summed E-state index contributed by atoms with van der Waals surface area (Å²) in [5, 5.41) is 17.7. The quantitative estimate of drug-likeness (QED) is 0.634. The van der Waals surface area contributed by atoms with Crippen LogP contribution in [0, 0.1) is 10.1 Å². The largest absolute Gasteiger partial charge is 0.490 e. The number of benzene rings is 1. The molecular weight excluding hydrogens is 264 g/mol. The Morgan fingerprint density at radius 1 is 1.50 bits per heavy atom. The first-order valence-electron chi connectivity index (χ1n) is 6.01. The Morgan fingerprint density at radius 2 is 2.30 bits per heavy atom. The molecule has 0 fully saturated rings. The van der Waals surface area contributed by atoms with Crippen molar-refractivity contribution in [3.63, 3.8) is 0 Å². The number of methoxy groups -OCH3 is 1. The molecule has 0 aliphatic carbocycles. The van der Waals surface area contributed by atoms with E-state index in [1.54, 1.807) is 6.07 Å². The lowest BCUT2D eigenvalue weighted by Gasteiger charge is -2.02. The molecule has 1 aromatic carbocycles. The van der Waals surface area contributed by atoms with Crippen LogP contribution in [0.1, 0.15) is 12.7 Å². The van der Waals surface area contributed by atoms with Crippen LogP contribution in [0.25, 0.3) is 11.5 Å². The van der Waals surface area contributed by atoms with E-state index in [-0.39, 0.29) is 11.4 Å². The highest BCUT2D eigenvalue weighted by Gasteiger charge is 2.17. The van der Waals surface area contributed by atoms with E-state index in [4.69, 9.17) is 9.26 Å². The molecule has 0 atom stereocenters. The van der Waals surface area contributed by atoms with Crippen LogP contribution in [-0.4, -0.2) is 28.7 Å². The van der Waals surface area contributed by atoms with Crippen LogP contribution < -0.4 is 10.1 Å². The van der Waals surface area contributed by atoms with Gasteiger partial charge in [-0.1, -0.05) is 12.1 Å². The molecule has 1 heterocycles. The lowest BCUT2D eigenvalue weighted by atomic mass is 10.2. The van der Waals surface area contributed by atoms with Crippen LogP contribution in [0.5, 0.6) is 5.75 Å². The molecule has 0 aliphatic rings. The molecule has 8 nitrogen and oxygen atoms in total. The Labute approximate surface area is 114 Å². The van der Waals surface area contributed by atoms with E-state index in [2.05, 4.69) is 15.5 Å². The van der Waals surface area contributed by atoms with Gasteiger partial charge in [-0.3, -0.25) is 10.1 Å². The summed E-state index contributed by atoms with van der Waals surface area (Å²) in [6.07, 6.45) is 0. The molecule has 0 saturated heterocycles. The molecule has 2 rings (SSSR count). The van der Waals surface area contributed by atoms with Crippen molar-refractivity contribution in [2.24, 2.45) is 0 Å². The van der Waals surface area contributed by atoms with E-state index in [9.17, 15) is 10.1 Å². The fourth-order valence-electron chi connectivity index (χ4n) is 1.64. The van der Waals surface area contributed by atoms with Gasteiger partial charge in [0.25, 0.3) is 5.89 Å². The fraction of sp³-hybridized carbons (Fsp3) is 0.333. The summed E-state index contributed by atoms with van der Waals surface area (Å²) in [6.45, 7) is 3.28. The van der Waals surface area contributed by atoms with Crippen LogP contribution in [0.4, 0.5) is 5.69 Å². The van der Waals surface area contributed by atoms with Crippen molar-refractivity contribution in [2.45, 2.75) is 13.5 Å². The van der Waals surface area contributed by atoms with E-state index in [1.165, 1.54) is 19.2 Å². The molecule has 0 unspecified atom stereocenters. The third-order valence-corrected chi connectivity index (χ3v) is 2.62. The maximum Gasteiger partial charge on any atom is 0.310 e. The molecule has 2 aromatic rings. The zero-order chi connectivity index (χ0) is 14.5. The molecule has 0 amide bonds. The normalized spacial score (nSPS) is 10.5. The number of nitrogens with zero attached hydrogens (tertiary/aromatic N) is 3. The number of rotatable bonds is 6. The smallest absolute Gasteiger partial charge is 0.310 e. The zero-order valence-electron chi connectivity index (χ0n) is 11.1. The second kappa shape index (κ2) is 6.11. The van der Waals surface area contributed by atoms with Gasteiger partial charge in [0, 0.05) is 17.7 Å². The van der Waals surface area contributed by atoms with Gasteiger partial charge in [0.1, 0.15) is 0 Å². The average molecular weight is 278 g/mol. The predicted octanol–water partition coefficient (Wildman–Crippen LogP) is 1.76. The molecular formula is C12H14N4O4. The van der Waals surface area contributed by atoms with Gasteiger partial charge < -0.3 is 14.6 Å². The van der Waals surface area contributed by atoms with Gasteiger partial charge in [-0.25, -0.2) is 0 Å². The second-order valence-corrected chi connectivity index (χ2v) is 3.94. The van der Waals surface area contributed by atoms with Crippen molar-refractivity contribution in [3.8, 4) is 17.2 Å². The zero-order valence-corrected chi connectivity index (χ0v) is 11.1. The Balaban J connectivity index is 2.28. The molecule has 0 bridgehead atoms. The average Bonchev–Trinajstić information content (AvgIpc) is 2.93. The minimum absolute atomic E-state index is 0.108. The summed E-state index contributed by atoms with van der Waals surface area (Å²) in [5.41, 5.74) is 0.464. The Bertz CT molecular complexity index is 611. The second-order valence-electron chi connectivity index (χ2n) is 3.94. The molecule has 0 aliphatic heterocycles. The van der Waals surface area contributed by atoms with Crippen LogP contribution >= 0.6 is 0 Å². The Kier molecular flexibility index (Phi) is 4.26. The summed E-state index contributed by atoms with van der Waals surface area (Å²) in [6, 6.07) is 4.40. The number of nitrogens with one attached hydrogen (secondary N) is 1. The fourth-order valence-corrected chi connectivity index (χ4v) is 1.64. The van der Waals surface area contributed by atoms with E-state index >= 15 is 0 Å². The standard InChI is InChI=1S/C12H14N4O4/c1-3-13-7-11-14-12(20-15-11)8-4-5-9(16(17)18)10(6-8)19-2/h4-6,13H,3,7H2,1-2H3. The van der Waals surface area contributed by atoms with Crippen LogP contribution in [0.15, 0.2) is 22.7 Å².